The van der Waals surface area contributed by atoms with Crippen molar-refractivity contribution in [1.82, 2.24) is 5.32 Å². The smallest absolute Gasteiger partial charge is 0.253 e. The van der Waals surface area contributed by atoms with Gasteiger partial charge in [0, 0.05) is 30.6 Å². The van der Waals surface area contributed by atoms with E-state index in [9.17, 15) is 4.79 Å². The van der Waals surface area contributed by atoms with E-state index in [2.05, 4.69) is 10.6 Å². The van der Waals surface area contributed by atoms with Crippen LogP contribution in [0.25, 0.3) is 0 Å². The largest absolute Gasteiger partial charge is 0.399 e. The molecular weight excluding hydrogens is 254 g/mol. The second-order valence-electron chi connectivity index (χ2n) is 5.45. The van der Waals surface area contributed by atoms with Crippen LogP contribution in [-0.4, -0.2) is 31.2 Å². The molecule has 1 amide bonds. The number of ether oxygens (including phenoxy) is 1. The number of anilines is 2. The van der Waals surface area contributed by atoms with Gasteiger partial charge < -0.3 is 21.1 Å². The van der Waals surface area contributed by atoms with Gasteiger partial charge >= 0.3 is 0 Å². The fourth-order valence-corrected chi connectivity index (χ4v) is 2.27. The Kier molecular flexibility index (Phi) is 4.84. The Morgan fingerprint density at radius 1 is 1.50 bits per heavy atom. The molecule has 1 aromatic carbocycles. The monoisotopic (exact) mass is 277 g/mol. The fraction of sp³-hybridized carbons (Fsp3) is 0.533. The number of benzene rings is 1. The molecular formula is C15H23N3O2. The van der Waals surface area contributed by atoms with Crippen LogP contribution in [0.2, 0.25) is 0 Å². The highest BCUT2D eigenvalue weighted by Crippen LogP contribution is 2.20. The molecule has 0 aliphatic carbocycles. The van der Waals surface area contributed by atoms with Crippen LogP contribution in [0, 0.1) is 0 Å². The van der Waals surface area contributed by atoms with Crippen LogP contribution in [-0.2, 0) is 4.74 Å². The van der Waals surface area contributed by atoms with Crippen molar-refractivity contribution in [2.75, 3.05) is 24.2 Å². The third-order valence-corrected chi connectivity index (χ3v) is 3.25. The van der Waals surface area contributed by atoms with Crippen LogP contribution in [0.5, 0.6) is 0 Å². The summed E-state index contributed by atoms with van der Waals surface area (Å²) in [6.07, 6.45) is 2.40. The lowest BCUT2D eigenvalue weighted by molar-refractivity contribution is 0.0943. The predicted octanol–water partition coefficient (Wildman–Crippen LogP) is 2.00. The van der Waals surface area contributed by atoms with Crippen molar-refractivity contribution in [2.45, 2.75) is 38.8 Å². The zero-order chi connectivity index (χ0) is 14.5. The molecule has 0 radical (unpaired) electrons. The van der Waals surface area contributed by atoms with E-state index < -0.39 is 0 Å². The number of carbonyl (C=O) groups is 1. The van der Waals surface area contributed by atoms with Crippen LogP contribution in [0.4, 0.5) is 11.4 Å². The Morgan fingerprint density at radius 3 is 2.95 bits per heavy atom. The molecule has 1 heterocycles. The maximum Gasteiger partial charge on any atom is 0.253 e. The van der Waals surface area contributed by atoms with Crippen LogP contribution in [0.3, 0.4) is 0 Å². The molecule has 2 rings (SSSR count). The topological polar surface area (TPSA) is 76.4 Å². The summed E-state index contributed by atoms with van der Waals surface area (Å²) in [7, 11) is 0. The van der Waals surface area contributed by atoms with E-state index in [1.165, 1.54) is 0 Å². The highest BCUT2D eigenvalue weighted by Gasteiger charge is 2.17. The zero-order valence-electron chi connectivity index (χ0n) is 12.1. The Hall–Kier alpha value is -1.75. The normalized spacial score (nSPS) is 18.2. The molecule has 1 fully saturated rings. The van der Waals surface area contributed by atoms with Gasteiger partial charge in [0.05, 0.1) is 11.7 Å². The Morgan fingerprint density at radius 2 is 2.30 bits per heavy atom. The number of hydrogen-bond donors (Lipinski definition) is 3. The standard InChI is InChI=1S/C15H23N3O2/c1-10(2)18-15(19)13-8-11(16)5-6-14(13)17-9-12-4-3-7-20-12/h5-6,8,10,12,17H,3-4,7,9,16H2,1-2H3,(H,18,19)/t12-/m0/s1. The molecule has 5 nitrogen and oxygen atoms in total. The maximum atomic E-state index is 12.2. The molecule has 1 atom stereocenters. The Labute approximate surface area is 119 Å². The van der Waals surface area contributed by atoms with Crippen LogP contribution < -0.4 is 16.4 Å². The van der Waals surface area contributed by atoms with Crippen molar-refractivity contribution in [3.8, 4) is 0 Å². The number of rotatable bonds is 5. The minimum Gasteiger partial charge on any atom is -0.399 e. The molecule has 110 valence electrons. The summed E-state index contributed by atoms with van der Waals surface area (Å²) in [5.41, 5.74) is 7.75. The third-order valence-electron chi connectivity index (χ3n) is 3.25. The molecule has 0 bridgehead atoms. The van der Waals surface area contributed by atoms with Crippen LogP contribution >= 0.6 is 0 Å². The number of nitrogens with two attached hydrogens (primary N) is 1. The number of hydrogen-bond acceptors (Lipinski definition) is 4. The van der Waals surface area contributed by atoms with Crippen molar-refractivity contribution >= 4 is 17.3 Å². The maximum absolute atomic E-state index is 12.2. The van der Waals surface area contributed by atoms with E-state index in [-0.39, 0.29) is 18.1 Å². The first-order valence-electron chi connectivity index (χ1n) is 7.12. The molecule has 1 aliphatic heterocycles. The first kappa shape index (κ1) is 14.7. The van der Waals surface area contributed by atoms with E-state index in [0.29, 0.717) is 17.8 Å². The molecule has 4 N–H and O–H groups in total. The van der Waals surface area contributed by atoms with E-state index in [1.54, 1.807) is 12.1 Å². The van der Waals surface area contributed by atoms with Crippen molar-refractivity contribution in [2.24, 2.45) is 0 Å². The van der Waals surface area contributed by atoms with Gasteiger partial charge in [0.25, 0.3) is 5.91 Å². The second kappa shape index (κ2) is 6.61. The lowest BCUT2D eigenvalue weighted by Gasteiger charge is -2.16. The minimum absolute atomic E-state index is 0.0925. The van der Waals surface area contributed by atoms with Crippen molar-refractivity contribution in [1.29, 1.82) is 0 Å². The number of nitrogens with one attached hydrogen (secondary N) is 2. The molecule has 1 saturated heterocycles. The van der Waals surface area contributed by atoms with E-state index in [1.807, 2.05) is 19.9 Å². The Bertz CT molecular complexity index is 468. The van der Waals surface area contributed by atoms with Crippen molar-refractivity contribution in [3.05, 3.63) is 23.8 Å². The highest BCUT2D eigenvalue weighted by molar-refractivity contribution is 6.00. The molecule has 1 aliphatic rings. The highest BCUT2D eigenvalue weighted by atomic mass is 16.5. The second-order valence-corrected chi connectivity index (χ2v) is 5.45. The summed E-state index contributed by atoms with van der Waals surface area (Å²) in [6.45, 7) is 5.41. The fourth-order valence-electron chi connectivity index (χ4n) is 2.27. The van der Waals surface area contributed by atoms with Gasteiger partial charge in [-0.2, -0.15) is 0 Å². The molecule has 0 aromatic heterocycles. The first-order valence-corrected chi connectivity index (χ1v) is 7.12. The molecule has 1 aromatic rings. The number of carbonyl (C=O) groups excluding carboxylic acids is 1. The lowest BCUT2D eigenvalue weighted by Crippen LogP contribution is -2.31. The molecule has 0 unspecified atom stereocenters. The van der Waals surface area contributed by atoms with Gasteiger partial charge in [-0.05, 0) is 44.9 Å². The quantitative estimate of drug-likeness (QED) is 0.719. The van der Waals surface area contributed by atoms with Crippen LogP contribution in [0.1, 0.15) is 37.0 Å². The molecule has 0 spiro atoms. The summed E-state index contributed by atoms with van der Waals surface area (Å²) in [5.74, 6) is -0.109. The molecule has 0 saturated carbocycles. The van der Waals surface area contributed by atoms with E-state index >= 15 is 0 Å². The predicted molar refractivity (Wildman–Crippen MR) is 80.9 cm³/mol. The summed E-state index contributed by atoms with van der Waals surface area (Å²) in [6, 6.07) is 5.44. The van der Waals surface area contributed by atoms with Crippen molar-refractivity contribution in [3.63, 3.8) is 0 Å². The Balaban J connectivity index is 2.08. The SMILES string of the molecule is CC(C)NC(=O)c1cc(N)ccc1NC[C@@H]1CCCO1. The summed E-state index contributed by atoms with van der Waals surface area (Å²) in [4.78, 5) is 12.2. The average Bonchev–Trinajstić information content (AvgIpc) is 2.89. The number of nitrogen functional groups attached to an aromatic ring is 1. The summed E-state index contributed by atoms with van der Waals surface area (Å²) in [5, 5.41) is 6.18. The van der Waals surface area contributed by atoms with E-state index in [0.717, 1.165) is 25.1 Å². The van der Waals surface area contributed by atoms with Gasteiger partial charge in [0.2, 0.25) is 0 Å². The number of amides is 1. The van der Waals surface area contributed by atoms with Gasteiger partial charge in [-0.3, -0.25) is 4.79 Å². The van der Waals surface area contributed by atoms with Gasteiger partial charge in [-0.15, -0.1) is 0 Å². The summed E-state index contributed by atoms with van der Waals surface area (Å²) < 4.78 is 5.58. The van der Waals surface area contributed by atoms with Crippen LogP contribution in [0.15, 0.2) is 18.2 Å². The van der Waals surface area contributed by atoms with Gasteiger partial charge in [-0.1, -0.05) is 0 Å². The molecule has 20 heavy (non-hydrogen) atoms. The van der Waals surface area contributed by atoms with Gasteiger partial charge in [-0.25, -0.2) is 0 Å². The van der Waals surface area contributed by atoms with Gasteiger partial charge in [0.15, 0.2) is 0 Å². The minimum atomic E-state index is -0.109. The first-order chi connectivity index (χ1) is 9.56. The average molecular weight is 277 g/mol. The van der Waals surface area contributed by atoms with Crippen molar-refractivity contribution < 1.29 is 9.53 Å². The lowest BCUT2D eigenvalue weighted by atomic mass is 10.1. The van der Waals surface area contributed by atoms with Gasteiger partial charge in [0.1, 0.15) is 0 Å². The van der Waals surface area contributed by atoms with E-state index in [4.69, 9.17) is 10.5 Å². The third kappa shape index (κ3) is 3.87. The zero-order valence-corrected chi connectivity index (χ0v) is 12.1. The molecule has 5 heteroatoms. The summed E-state index contributed by atoms with van der Waals surface area (Å²) >= 11 is 0.